The molecule has 113 heavy (non-hydrogen) atoms. The van der Waals surface area contributed by atoms with Gasteiger partial charge in [0.05, 0.1) is 57.5 Å². The van der Waals surface area contributed by atoms with Crippen LogP contribution in [-0.2, 0) is 110 Å². The van der Waals surface area contributed by atoms with Gasteiger partial charge in [-0.15, -0.1) is 0 Å². The second kappa shape index (κ2) is 71.0. The van der Waals surface area contributed by atoms with Crippen LogP contribution in [0.5, 0.6) is 0 Å². The number of hydrogen-bond donors (Lipinski definition) is 0. The standard InChI is InChI=1S/C12H20O4.C12H22O4.C12H20O3.C11H18O3.C11H20O3.C10H20O3.C8H16O3.14CH4/c1-5-11(2,3)10(14)16-12(4)6-7-15-9(13)8-12;1-5-12(2,3)11(13)16-10-8-6-7-9(14-4)15-10;1-4-12(2,3)11(14)15-10-7-5-6-9(13)8-10;1-4-11(2,3)10(13)14-9-6-5-8(12)7-9;1-4-11(2,3)10(12)14-9-7-5-6-8-13-9;1-6-10(4,5)9(11)13-8(3)12-7-2;1-5-8(2,3)7(9)11-6-10-4;;;;;;;;;;;;;;/h5-8H2,1-4H3;9-10H,5-8H2,1-4H3;10H,4-8H2,1-3H3;9H,4-7H2,1-3H3;9H,4-8H2,1-3H3;8H,6-7H2,1-5H3;5-6H2,1-4H3;14*1H4. The highest BCUT2D eigenvalue weighted by atomic mass is 16.8. The molecule has 23 nitrogen and oxygen atoms in total. The van der Waals surface area contributed by atoms with Gasteiger partial charge in [-0.1, -0.05) is 152 Å². The molecule has 690 valence electrons. The predicted octanol–water partition coefficient (Wildman–Crippen LogP) is 24.4. The molecule has 7 unspecified atom stereocenters. The fourth-order valence-corrected chi connectivity index (χ4v) is 8.14. The Morgan fingerprint density at radius 2 is 0.788 bits per heavy atom. The highest BCUT2D eigenvalue weighted by Crippen LogP contribution is 2.33. The quantitative estimate of drug-likeness (QED) is 0.0466. The lowest BCUT2D eigenvalue weighted by atomic mass is 9.89. The molecule has 0 aromatic rings. The molecular formula is C90H192O23. The Hall–Kier alpha value is -5.10. The normalized spacial score (nSPS) is 18.8. The van der Waals surface area contributed by atoms with Crippen molar-refractivity contribution in [3.63, 3.8) is 0 Å². The minimum absolute atomic E-state index is 0. The molecule has 23 heteroatoms. The minimum Gasteiger partial charge on any atom is -0.465 e. The van der Waals surface area contributed by atoms with Crippen molar-refractivity contribution in [2.75, 3.05) is 40.8 Å². The summed E-state index contributed by atoms with van der Waals surface area (Å²) in [4.78, 5) is 115. The largest absolute Gasteiger partial charge is 0.465 e. The minimum atomic E-state index is -0.696. The maximum Gasteiger partial charge on any atom is 0.313 e. The Balaban J connectivity index is -0.0000000682. The van der Waals surface area contributed by atoms with Crippen LogP contribution in [0.1, 0.15) is 411 Å². The molecule has 7 atom stereocenters. The van der Waals surface area contributed by atoms with Gasteiger partial charge in [-0.3, -0.25) is 47.9 Å². The molecular weight excluding hydrogens is 1450 g/mol. The fourth-order valence-electron chi connectivity index (χ4n) is 8.14. The average molecular weight is 1640 g/mol. The van der Waals surface area contributed by atoms with Gasteiger partial charge in [0.25, 0.3) is 0 Å². The van der Waals surface area contributed by atoms with Crippen molar-refractivity contribution in [2.24, 2.45) is 37.9 Å². The number of ketones is 2. The topological polar surface area (TPSA) is 291 Å². The molecule has 0 N–H and O–H groups in total. The molecule has 2 aliphatic carbocycles. The highest BCUT2D eigenvalue weighted by Gasteiger charge is 2.41. The van der Waals surface area contributed by atoms with E-state index in [-0.39, 0.29) is 207 Å². The van der Waals surface area contributed by atoms with Gasteiger partial charge >= 0.3 is 47.8 Å². The summed E-state index contributed by atoms with van der Waals surface area (Å²) in [6.07, 6.45) is 14.2. The first-order valence-corrected chi connectivity index (χ1v) is 36.3. The Kier molecular flexibility index (Phi) is 91.8. The van der Waals surface area contributed by atoms with Gasteiger partial charge in [-0.25, -0.2) is 0 Å². The van der Waals surface area contributed by atoms with Crippen molar-refractivity contribution in [3.8, 4) is 0 Å². The monoisotopic (exact) mass is 1640 g/mol. The molecule has 3 saturated heterocycles. The third kappa shape index (κ3) is 59.3. The summed E-state index contributed by atoms with van der Waals surface area (Å²) in [5.41, 5.74) is -3.68. The van der Waals surface area contributed by atoms with Gasteiger partial charge in [-0.2, -0.15) is 0 Å². The SMILES string of the molecule is C.C.C.C.C.C.C.C.C.C.C.C.C.C.CCC(C)(C)C(=O)OC1(C)CCOC(=O)C1.CCC(C)(C)C(=O)OC1CCC(=O)C1.CCC(C)(C)C(=O)OC1CCCC(=O)C1.CCC(C)(C)C(=O)OC1CCCC(OC)O1.CCC(C)(C)C(=O)OC1CCCCO1.CCC(C)(C)C(=O)OCOC.CCOC(C)OC(=O)C(C)(C)CC. The number of carbonyl (C=O) groups is 10. The van der Waals surface area contributed by atoms with E-state index in [9.17, 15) is 47.9 Å². The van der Waals surface area contributed by atoms with E-state index in [0.29, 0.717) is 64.8 Å². The zero-order valence-corrected chi connectivity index (χ0v) is 66.2. The number of methoxy groups -OCH3 is 2. The van der Waals surface area contributed by atoms with Gasteiger partial charge in [0.15, 0.2) is 19.4 Å². The lowest BCUT2D eigenvalue weighted by Gasteiger charge is -2.35. The number of cyclic esters (lactones) is 1. The smallest absolute Gasteiger partial charge is 0.313 e. The third-order valence-corrected chi connectivity index (χ3v) is 19.0. The van der Waals surface area contributed by atoms with Crippen LogP contribution >= 0.6 is 0 Å². The van der Waals surface area contributed by atoms with Crippen molar-refractivity contribution >= 4 is 59.3 Å². The zero-order chi connectivity index (χ0) is 76.8. The van der Waals surface area contributed by atoms with E-state index in [2.05, 4.69) is 4.74 Å². The Labute approximate surface area is 698 Å². The molecule has 3 heterocycles. The van der Waals surface area contributed by atoms with Crippen molar-refractivity contribution in [3.05, 3.63) is 0 Å². The van der Waals surface area contributed by atoms with E-state index < -0.39 is 50.7 Å². The van der Waals surface area contributed by atoms with Crippen molar-refractivity contribution < 1.29 is 110 Å². The van der Waals surface area contributed by atoms with Crippen LogP contribution in [0.3, 0.4) is 0 Å². The Morgan fingerprint density at radius 3 is 1.14 bits per heavy atom. The summed E-state index contributed by atoms with van der Waals surface area (Å²) in [5, 5.41) is 0. The molecule has 0 aromatic heterocycles. The lowest BCUT2D eigenvalue weighted by molar-refractivity contribution is -0.257. The number of carbonyl (C=O) groups excluding carboxylic acids is 10. The van der Waals surface area contributed by atoms with Crippen LogP contribution in [0.2, 0.25) is 0 Å². The van der Waals surface area contributed by atoms with Gasteiger partial charge in [0, 0.05) is 65.8 Å². The van der Waals surface area contributed by atoms with E-state index in [1.54, 1.807) is 21.0 Å². The summed E-state index contributed by atoms with van der Waals surface area (Å²) in [6, 6.07) is 0. The molecule has 5 fully saturated rings. The zero-order valence-electron chi connectivity index (χ0n) is 66.2. The van der Waals surface area contributed by atoms with Gasteiger partial charge < -0.3 is 61.6 Å². The maximum absolute atomic E-state index is 11.9. The van der Waals surface area contributed by atoms with Gasteiger partial charge in [0.1, 0.15) is 29.4 Å². The van der Waals surface area contributed by atoms with Crippen molar-refractivity contribution in [1.29, 1.82) is 0 Å². The lowest BCUT2D eigenvalue weighted by Crippen LogP contribution is -2.43. The summed E-state index contributed by atoms with van der Waals surface area (Å²) in [6.45, 7) is 47.0. The average Bonchev–Trinajstić information content (AvgIpc) is 1.11. The summed E-state index contributed by atoms with van der Waals surface area (Å²) in [7, 11) is 3.09. The molecule has 2 saturated carbocycles. The molecule has 0 radical (unpaired) electrons. The molecule has 0 spiro atoms. The van der Waals surface area contributed by atoms with Crippen LogP contribution < -0.4 is 0 Å². The summed E-state index contributed by atoms with van der Waals surface area (Å²) >= 11 is 0. The third-order valence-electron chi connectivity index (χ3n) is 19.0. The fraction of sp³-hybridized carbons (Fsp3) is 0.889. The number of esters is 8. The number of rotatable bonds is 25. The molecule has 5 aliphatic rings. The van der Waals surface area contributed by atoms with E-state index in [1.165, 1.54) is 7.11 Å². The first-order chi connectivity index (χ1) is 45.7. The van der Waals surface area contributed by atoms with Gasteiger partial charge in [-0.05, 0) is 208 Å². The molecule has 0 aromatic carbocycles. The Bertz CT molecular complexity index is 2440. The van der Waals surface area contributed by atoms with E-state index in [4.69, 9.17) is 56.8 Å². The molecule has 0 bridgehead atoms. The van der Waals surface area contributed by atoms with Crippen LogP contribution in [0.25, 0.3) is 0 Å². The van der Waals surface area contributed by atoms with E-state index in [1.807, 2.05) is 152 Å². The predicted molar refractivity (Wildman–Crippen MR) is 470 cm³/mol. The molecule has 3 aliphatic heterocycles. The van der Waals surface area contributed by atoms with E-state index >= 15 is 0 Å². The van der Waals surface area contributed by atoms with Crippen LogP contribution in [0, 0.1) is 37.9 Å². The van der Waals surface area contributed by atoms with Crippen molar-refractivity contribution in [2.45, 2.75) is 454 Å². The maximum atomic E-state index is 11.9. The molecule has 0 amide bonds. The van der Waals surface area contributed by atoms with Crippen LogP contribution in [-0.4, -0.2) is 143 Å². The van der Waals surface area contributed by atoms with Crippen LogP contribution in [0.15, 0.2) is 0 Å². The van der Waals surface area contributed by atoms with Crippen molar-refractivity contribution in [1.82, 2.24) is 0 Å². The second-order valence-corrected chi connectivity index (χ2v) is 30.7. The second-order valence-electron chi connectivity index (χ2n) is 30.7. The van der Waals surface area contributed by atoms with Gasteiger partial charge in [0.2, 0.25) is 12.6 Å². The Morgan fingerprint density at radius 1 is 0.425 bits per heavy atom. The number of hydrogen-bond acceptors (Lipinski definition) is 23. The summed E-state index contributed by atoms with van der Waals surface area (Å²) < 4.78 is 67.1. The molecule has 5 rings (SSSR count). The number of Topliss-reactive ketones (excluding diaryl/α,β-unsaturated/α-hetero) is 2. The first-order valence-electron chi connectivity index (χ1n) is 36.3. The summed E-state index contributed by atoms with van der Waals surface area (Å²) in [5.74, 6) is -1.22. The first kappa shape index (κ1) is 146. The van der Waals surface area contributed by atoms with Crippen LogP contribution in [0.4, 0.5) is 0 Å². The highest BCUT2D eigenvalue weighted by molar-refractivity contribution is 5.83. The number of ether oxygens (including phenoxy) is 13. The van der Waals surface area contributed by atoms with E-state index in [0.717, 1.165) is 89.9 Å².